The van der Waals surface area contributed by atoms with Gasteiger partial charge >= 0.3 is 0 Å². The molecule has 24 heavy (non-hydrogen) atoms. The fourth-order valence-corrected chi connectivity index (χ4v) is 2.87. The maximum Gasteiger partial charge on any atom is 0.265 e. The lowest BCUT2D eigenvalue weighted by molar-refractivity contribution is -0.117. The number of aromatic nitrogens is 3. The van der Waals surface area contributed by atoms with Crippen LogP contribution in [0, 0.1) is 0 Å². The summed E-state index contributed by atoms with van der Waals surface area (Å²) in [6.07, 6.45) is 3.36. The average molecular weight is 318 g/mol. The Labute approximate surface area is 138 Å². The molecule has 0 atom stereocenters. The van der Waals surface area contributed by atoms with Crippen molar-refractivity contribution in [1.82, 2.24) is 14.8 Å². The molecule has 118 valence electrons. The lowest BCUT2D eigenvalue weighted by atomic mass is 9.98. The number of fused-ring (bicyclic) bond motifs is 1. The zero-order valence-corrected chi connectivity index (χ0v) is 12.8. The van der Waals surface area contributed by atoms with Gasteiger partial charge in [-0.05, 0) is 29.3 Å². The summed E-state index contributed by atoms with van der Waals surface area (Å²) in [6, 6.07) is 14.6. The van der Waals surface area contributed by atoms with Crippen molar-refractivity contribution in [3.05, 3.63) is 77.9 Å². The van der Waals surface area contributed by atoms with Crippen LogP contribution >= 0.6 is 0 Å². The summed E-state index contributed by atoms with van der Waals surface area (Å²) in [5.41, 5.74) is 2.97. The Morgan fingerprint density at radius 2 is 1.79 bits per heavy atom. The van der Waals surface area contributed by atoms with E-state index in [0.717, 1.165) is 11.1 Å². The Balaban J connectivity index is 1.61. The zero-order chi connectivity index (χ0) is 16.5. The summed E-state index contributed by atoms with van der Waals surface area (Å²) in [7, 11) is 0. The third-order valence-electron chi connectivity index (χ3n) is 4.05. The highest BCUT2D eigenvalue weighted by Gasteiger charge is 2.31. The highest BCUT2D eigenvalue weighted by atomic mass is 16.2. The van der Waals surface area contributed by atoms with Crippen molar-refractivity contribution in [3.63, 3.8) is 0 Å². The van der Waals surface area contributed by atoms with Crippen LogP contribution in [-0.2, 0) is 17.8 Å². The van der Waals surface area contributed by atoms with Gasteiger partial charge in [-0.3, -0.25) is 9.59 Å². The summed E-state index contributed by atoms with van der Waals surface area (Å²) < 4.78 is 1.71. The van der Waals surface area contributed by atoms with Gasteiger partial charge in [0.25, 0.3) is 5.91 Å². The average Bonchev–Trinajstić information content (AvgIpc) is 3.09. The van der Waals surface area contributed by atoms with E-state index in [4.69, 9.17) is 0 Å². The number of imide groups is 1. The second-order valence-corrected chi connectivity index (χ2v) is 5.63. The van der Waals surface area contributed by atoms with Crippen molar-refractivity contribution >= 4 is 17.5 Å². The number of carbonyl (C=O) groups is 2. The molecule has 0 aliphatic carbocycles. The van der Waals surface area contributed by atoms with Crippen molar-refractivity contribution in [3.8, 4) is 0 Å². The third-order valence-corrected chi connectivity index (χ3v) is 4.05. The molecule has 2 amide bonds. The van der Waals surface area contributed by atoms with Crippen molar-refractivity contribution in [2.75, 3.05) is 4.90 Å². The largest absolute Gasteiger partial charge is 0.274 e. The molecule has 0 saturated heterocycles. The molecular weight excluding hydrogens is 304 g/mol. The molecule has 4 rings (SSSR count). The van der Waals surface area contributed by atoms with Crippen LogP contribution in [0.3, 0.4) is 0 Å². The quantitative estimate of drug-likeness (QED) is 0.693. The SMILES string of the molecule is O=C1Cc2ccccc2C(=O)N1c1ccc(Cn2cncn2)cc1. The number of amides is 2. The molecule has 3 aromatic rings. The first kappa shape index (κ1) is 14.3. The van der Waals surface area contributed by atoms with Crippen molar-refractivity contribution in [2.24, 2.45) is 0 Å². The van der Waals surface area contributed by atoms with E-state index < -0.39 is 0 Å². The third kappa shape index (κ3) is 2.48. The van der Waals surface area contributed by atoms with Crippen LogP contribution in [0.2, 0.25) is 0 Å². The summed E-state index contributed by atoms with van der Waals surface area (Å²) in [5.74, 6) is -0.478. The smallest absolute Gasteiger partial charge is 0.265 e. The summed E-state index contributed by atoms with van der Waals surface area (Å²) in [5, 5.41) is 4.06. The molecule has 0 radical (unpaired) electrons. The molecule has 6 nitrogen and oxygen atoms in total. The van der Waals surface area contributed by atoms with Crippen LogP contribution in [0.15, 0.2) is 61.2 Å². The van der Waals surface area contributed by atoms with Gasteiger partial charge in [0.05, 0.1) is 18.7 Å². The maximum absolute atomic E-state index is 12.7. The van der Waals surface area contributed by atoms with Crippen molar-refractivity contribution in [1.29, 1.82) is 0 Å². The normalized spacial score (nSPS) is 13.9. The van der Waals surface area contributed by atoms with Gasteiger partial charge in [0.15, 0.2) is 0 Å². The number of rotatable bonds is 3. The molecular formula is C18H14N4O2. The Hall–Kier alpha value is -3.28. The van der Waals surface area contributed by atoms with Crippen LogP contribution in [0.1, 0.15) is 21.5 Å². The van der Waals surface area contributed by atoms with Gasteiger partial charge in [0.2, 0.25) is 5.91 Å². The molecule has 6 heteroatoms. The molecule has 1 aliphatic heterocycles. The first-order valence-electron chi connectivity index (χ1n) is 7.59. The fourth-order valence-electron chi connectivity index (χ4n) is 2.87. The maximum atomic E-state index is 12.7. The highest BCUT2D eigenvalue weighted by molar-refractivity contribution is 6.24. The molecule has 0 spiro atoms. The minimum atomic E-state index is -0.272. The highest BCUT2D eigenvalue weighted by Crippen LogP contribution is 2.25. The Morgan fingerprint density at radius 1 is 1.00 bits per heavy atom. The topological polar surface area (TPSA) is 68.1 Å². The van der Waals surface area contributed by atoms with Crippen LogP contribution in [0.4, 0.5) is 5.69 Å². The van der Waals surface area contributed by atoms with Crippen LogP contribution in [-0.4, -0.2) is 26.6 Å². The second-order valence-electron chi connectivity index (χ2n) is 5.63. The van der Waals surface area contributed by atoms with Gasteiger partial charge in [-0.15, -0.1) is 0 Å². The molecule has 0 N–H and O–H groups in total. The lowest BCUT2D eigenvalue weighted by Gasteiger charge is -2.26. The van der Waals surface area contributed by atoms with Gasteiger partial charge in [-0.2, -0.15) is 5.10 Å². The number of hydrogen-bond donors (Lipinski definition) is 0. The molecule has 1 aromatic heterocycles. The monoisotopic (exact) mass is 318 g/mol. The molecule has 0 saturated carbocycles. The van der Waals surface area contributed by atoms with Crippen molar-refractivity contribution in [2.45, 2.75) is 13.0 Å². The molecule has 2 heterocycles. The van der Waals surface area contributed by atoms with E-state index >= 15 is 0 Å². The van der Waals surface area contributed by atoms with Gasteiger partial charge in [0, 0.05) is 5.56 Å². The molecule has 0 fully saturated rings. The Morgan fingerprint density at radius 3 is 2.54 bits per heavy atom. The lowest BCUT2D eigenvalue weighted by Crippen LogP contribution is -2.42. The summed E-state index contributed by atoms with van der Waals surface area (Å²) in [6.45, 7) is 0.588. The van der Waals surface area contributed by atoms with E-state index in [-0.39, 0.29) is 18.2 Å². The predicted molar refractivity (Wildman–Crippen MR) is 87.5 cm³/mol. The number of benzene rings is 2. The number of carbonyl (C=O) groups excluding carboxylic acids is 2. The molecule has 0 unspecified atom stereocenters. The minimum absolute atomic E-state index is 0.206. The van der Waals surface area contributed by atoms with Crippen LogP contribution in [0.25, 0.3) is 0 Å². The second kappa shape index (κ2) is 5.73. The van der Waals surface area contributed by atoms with Gasteiger partial charge in [-0.25, -0.2) is 14.6 Å². The first-order chi connectivity index (χ1) is 11.7. The molecule has 2 aromatic carbocycles. The molecule has 0 bridgehead atoms. The van der Waals surface area contributed by atoms with E-state index in [1.54, 1.807) is 29.2 Å². The van der Waals surface area contributed by atoms with E-state index in [9.17, 15) is 9.59 Å². The van der Waals surface area contributed by atoms with Gasteiger partial charge in [0.1, 0.15) is 12.7 Å². The number of anilines is 1. The first-order valence-corrected chi connectivity index (χ1v) is 7.59. The van der Waals surface area contributed by atoms with E-state index in [1.165, 1.54) is 11.2 Å². The fraction of sp³-hybridized carbons (Fsp3) is 0.111. The van der Waals surface area contributed by atoms with Crippen LogP contribution in [0.5, 0.6) is 0 Å². The Bertz CT molecular complexity index is 901. The van der Waals surface area contributed by atoms with E-state index in [0.29, 0.717) is 17.8 Å². The number of nitrogens with zero attached hydrogens (tertiary/aromatic N) is 4. The number of hydrogen-bond acceptors (Lipinski definition) is 4. The van der Waals surface area contributed by atoms with E-state index in [1.807, 2.05) is 30.3 Å². The molecule has 1 aliphatic rings. The van der Waals surface area contributed by atoms with Gasteiger partial charge in [-0.1, -0.05) is 30.3 Å². The van der Waals surface area contributed by atoms with Crippen molar-refractivity contribution < 1.29 is 9.59 Å². The summed E-state index contributed by atoms with van der Waals surface area (Å²) in [4.78, 5) is 30.2. The van der Waals surface area contributed by atoms with Gasteiger partial charge < -0.3 is 0 Å². The Kier molecular flexibility index (Phi) is 3.42. The minimum Gasteiger partial charge on any atom is -0.274 e. The zero-order valence-electron chi connectivity index (χ0n) is 12.8. The summed E-state index contributed by atoms with van der Waals surface area (Å²) >= 11 is 0. The standard InChI is InChI=1S/C18H14N4O2/c23-17-9-14-3-1-2-4-16(14)18(24)22(17)15-7-5-13(6-8-15)10-21-12-19-11-20-21/h1-8,11-12H,9-10H2. The van der Waals surface area contributed by atoms with E-state index in [2.05, 4.69) is 10.1 Å². The van der Waals surface area contributed by atoms with Crippen LogP contribution < -0.4 is 4.90 Å². The predicted octanol–water partition coefficient (Wildman–Crippen LogP) is 2.06.